The van der Waals surface area contributed by atoms with Crippen molar-refractivity contribution in [2.24, 2.45) is 5.73 Å². The fourth-order valence-electron chi connectivity index (χ4n) is 1.65. The molecule has 0 unspecified atom stereocenters. The van der Waals surface area contributed by atoms with Crippen LogP contribution in [-0.2, 0) is 25.8 Å². The molecular formula is C14H23ClN2O4S. The van der Waals surface area contributed by atoms with Crippen molar-refractivity contribution in [3.05, 3.63) is 35.9 Å². The van der Waals surface area contributed by atoms with E-state index in [1.165, 1.54) is 0 Å². The van der Waals surface area contributed by atoms with Crippen molar-refractivity contribution < 1.29 is 17.9 Å². The third kappa shape index (κ3) is 9.73. The van der Waals surface area contributed by atoms with Crippen molar-refractivity contribution in [2.75, 3.05) is 31.8 Å². The Morgan fingerprint density at radius 1 is 1.27 bits per heavy atom. The minimum atomic E-state index is -3.01. The molecule has 8 heteroatoms. The molecule has 22 heavy (non-hydrogen) atoms. The zero-order valence-electron chi connectivity index (χ0n) is 12.5. The first-order chi connectivity index (χ1) is 9.88. The summed E-state index contributed by atoms with van der Waals surface area (Å²) in [4.78, 5) is 11.8. The number of nitrogens with two attached hydrogens (primary N) is 1. The summed E-state index contributed by atoms with van der Waals surface area (Å²) in [6, 6.07) is 8.93. The van der Waals surface area contributed by atoms with E-state index in [2.05, 4.69) is 5.32 Å². The van der Waals surface area contributed by atoms with Gasteiger partial charge < -0.3 is 15.8 Å². The van der Waals surface area contributed by atoms with Gasteiger partial charge in [-0.25, -0.2) is 8.42 Å². The van der Waals surface area contributed by atoms with Gasteiger partial charge in [0.2, 0.25) is 5.91 Å². The highest BCUT2D eigenvalue weighted by molar-refractivity contribution is 7.90. The van der Waals surface area contributed by atoms with Crippen LogP contribution in [0, 0.1) is 0 Å². The van der Waals surface area contributed by atoms with Crippen molar-refractivity contribution in [3.8, 4) is 0 Å². The third-order valence-electron chi connectivity index (χ3n) is 2.78. The lowest BCUT2D eigenvalue weighted by Crippen LogP contribution is -2.43. The molecule has 0 aliphatic carbocycles. The lowest BCUT2D eigenvalue weighted by molar-refractivity contribution is -0.122. The second-order valence-corrected chi connectivity index (χ2v) is 7.09. The molecule has 0 radical (unpaired) electrons. The highest BCUT2D eigenvalue weighted by Crippen LogP contribution is 2.01. The van der Waals surface area contributed by atoms with Crippen LogP contribution in [0.25, 0.3) is 0 Å². The molecule has 0 spiro atoms. The summed E-state index contributed by atoms with van der Waals surface area (Å²) in [5.41, 5.74) is 6.82. The van der Waals surface area contributed by atoms with Gasteiger partial charge in [0.1, 0.15) is 9.84 Å². The normalized spacial score (nSPS) is 12.3. The number of hydrogen-bond donors (Lipinski definition) is 2. The molecule has 0 aromatic heterocycles. The van der Waals surface area contributed by atoms with Gasteiger partial charge in [-0.2, -0.15) is 0 Å². The molecule has 6 nitrogen and oxygen atoms in total. The molecule has 0 bridgehead atoms. The van der Waals surface area contributed by atoms with Gasteiger partial charge >= 0.3 is 0 Å². The van der Waals surface area contributed by atoms with Crippen molar-refractivity contribution in [3.63, 3.8) is 0 Å². The van der Waals surface area contributed by atoms with Gasteiger partial charge in [0, 0.05) is 12.8 Å². The van der Waals surface area contributed by atoms with E-state index in [0.717, 1.165) is 11.8 Å². The summed E-state index contributed by atoms with van der Waals surface area (Å²) < 4.78 is 26.9. The van der Waals surface area contributed by atoms with Gasteiger partial charge in [-0.05, 0) is 12.0 Å². The molecule has 1 aromatic carbocycles. The Labute approximate surface area is 137 Å². The molecule has 1 amide bonds. The molecule has 0 saturated heterocycles. The Kier molecular flexibility index (Phi) is 10.0. The number of rotatable bonds is 9. The average Bonchev–Trinajstić information content (AvgIpc) is 2.42. The second kappa shape index (κ2) is 10.6. The van der Waals surface area contributed by atoms with Gasteiger partial charge in [0.15, 0.2) is 0 Å². The lowest BCUT2D eigenvalue weighted by atomic mass is 10.1. The van der Waals surface area contributed by atoms with Crippen LogP contribution in [0.5, 0.6) is 0 Å². The van der Waals surface area contributed by atoms with Crippen LogP contribution < -0.4 is 11.1 Å². The van der Waals surface area contributed by atoms with Crippen molar-refractivity contribution in [2.45, 2.75) is 12.5 Å². The predicted molar refractivity (Wildman–Crippen MR) is 88.9 cm³/mol. The van der Waals surface area contributed by atoms with E-state index in [9.17, 15) is 13.2 Å². The molecule has 0 aliphatic heterocycles. The molecule has 126 valence electrons. The monoisotopic (exact) mass is 350 g/mol. The van der Waals surface area contributed by atoms with Gasteiger partial charge in [0.05, 0.1) is 25.0 Å². The summed E-state index contributed by atoms with van der Waals surface area (Å²) >= 11 is 0. The van der Waals surface area contributed by atoms with E-state index in [1.807, 2.05) is 30.3 Å². The number of hydrogen-bond acceptors (Lipinski definition) is 5. The van der Waals surface area contributed by atoms with E-state index < -0.39 is 15.9 Å². The number of carbonyl (C=O) groups is 1. The largest absolute Gasteiger partial charge is 0.379 e. The summed E-state index contributed by atoms with van der Waals surface area (Å²) in [5, 5.41) is 2.66. The highest BCUT2D eigenvalue weighted by atomic mass is 35.5. The smallest absolute Gasteiger partial charge is 0.237 e. The molecule has 0 aliphatic rings. The topological polar surface area (TPSA) is 98.5 Å². The number of sulfone groups is 1. The maximum atomic E-state index is 11.8. The first-order valence-corrected chi connectivity index (χ1v) is 8.77. The van der Waals surface area contributed by atoms with Crippen LogP contribution in [0.2, 0.25) is 0 Å². The van der Waals surface area contributed by atoms with Gasteiger partial charge in [-0.15, -0.1) is 12.4 Å². The lowest BCUT2D eigenvalue weighted by Gasteiger charge is -2.12. The van der Waals surface area contributed by atoms with Crippen LogP contribution in [0.3, 0.4) is 0 Å². The molecule has 0 fully saturated rings. The van der Waals surface area contributed by atoms with Crippen molar-refractivity contribution in [1.82, 2.24) is 5.32 Å². The fraction of sp³-hybridized carbons (Fsp3) is 0.500. The quantitative estimate of drug-likeness (QED) is 0.618. The molecule has 1 aromatic rings. The first-order valence-electron chi connectivity index (χ1n) is 6.71. The Hall–Kier alpha value is -1.15. The maximum absolute atomic E-state index is 11.8. The van der Waals surface area contributed by atoms with Gasteiger partial charge in [0.25, 0.3) is 0 Å². The maximum Gasteiger partial charge on any atom is 0.237 e. The standard InChI is InChI=1S/C14H22N2O4S.ClH/c1-21(18,19)10-9-20-8-7-16-14(17)13(15)11-12-5-3-2-4-6-12;/h2-6,13H,7-11,15H2,1H3,(H,16,17);1H/t13-;/m0./s1. The van der Waals surface area contributed by atoms with Gasteiger partial charge in [-0.1, -0.05) is 30.3 Å². The Morgan fingerprint density at radius 3 is 2.50 bits per heavy atom. The Balaban J connectivity index is 0.00000441. The molecular weight excluding hydrogens is 328 g/mol. The molecule has 1 rings (SSSR count). The predicted octanol–water partition coefficient (Wildman–Crippen LogP) is 0.156. The number of nitrogens with one attached hydrogen (secondary N) is 1. The number of benzene rings is 1. The first kappa shape index (κ1) is 20.9. The van der Waals surface area contributed by atoms with Crippen LogP contribution >= 0.6 is 12.4 Å². The van der Waals surface area contributed by atoms with E-state index in [4.69, 9.17) is 10.5 Å². The number of halogens is 1. The summed E-state index contributed by atoms with van der Waals surface area (Å²) in [7, 11) is -3.01. The van der Waals surface area contributed by atoms with Crippen LogP contribution in [0.1, 0.15) is 5.56 Å². The summed E-state index contributed by atoms with van der Waals surface area (Å²) in [5.74, 6) is -0.264. The van der Waals surface area contributed by atoms with E-state index in [0.29, 0.717) is 13.0 Å². The number of ether oxygens (including phenoxy) is 1. The minimum Gasteiger partial charge on any atom is -0.379 e. The third-order valence-corrected chi connectivity index (χ3v) is 3.69. The summed E-state index contributed by atoms with van der Waals surface area (Å²) in [6.45, 7) is 0.704. The van der Waals surface area contributed by atoms with Crippen molar-refractivity contribution >= 4 is 28.2 Å². The Bertz CT molecular complexity index is 537. The zero-order valence-corrected chi connectivity index (χ0v) is 14.2. The van der Waals surface area contributed by atoms with Crippen LogP contribution in [0.4, 0.5) is 0 Å². The van der Waals surface area contributed by atoms with Crippen molar-refractivity contribution in [1.29, 1.82) is 0 Å². The SMILES string of the molecule is CS(=O)(=O)CCOCCNC(=O)[C@@H](N)Cc1ccccc1.Cl. The Morgan fingerprint density at radius 2 is 1.91 bits per heavy atom. The number of carbonyl (C=O) groups excluding carboxylic acids is 1. The number of amides is 1. The second-order valence-electron chi connectivity index (χ2n) is 4.83. The fourth-order valence-corrected chi connectivity index (χ4v) is 2.07. The average molecular weight is 351 g/mol. The van der Waals surface area contributed by atoms with E-state index >= 15 is 0 Å². The molecule has 0 heterocycles. The summed E-state index contributed by atoms with van der Waals surface area (Å²) in [6.07, 6.45) is 1.63. The van der Waals surface area contributed by atoms with Crippen LogP contribution in [-0.4, -0.2) is 52.1 Å². The molecule has 1 atom stereocenters. The van der Waals surface area contributed by atoms with E-state index in [-0.39, 0.29) is 37.3 Å². The molecule has 3 N–H and O–H groups in total. The van der Waals surface area contributed by atoms with Gasteiger partial charge in [-0.3, -0.25) is 4.79 Å². The molecule has 0 saturated carbocycles. The minimum absolute atomic E-state index is 0. The van der Waals surface area contributed by atoms with E-state index in [1.54, 1.807) is 0 Å². The highest BCUT2D eigenvalue weighted by Gasteiger charge is 2.13. The zero-order chi connectivity index (χ0) is 15.7. The van der Waals surface area contributed by atoms with Crippen LogP contribution in [0.15, 0.2) is 30.3 Å².